The SMILES string of the molecule is O=C(Nc1ccccc1C(F)(F)F)c1cccc(OCC(F)F)n1. The number of anilines is 1. The summed E-state index contributed by atoms with van der Waals surface area (Å²) in [5, 5.41) is 2.10. The molecule has 0 aliphatic rings. The van der Waals surface area contributed by atoms with Crippen molar-refractivity contribution in [2.24, 2.45) is 0 Å². The first-order valence-electron chi connectivity index (χ1n) is 6.63. The Morgan fingerprint density at radius 1 is 1.12 bits per heavy atom. The third-order valence-electron chi connectivity index (χ3n) is 2.79. The number of halogens is 5. The molecule has 2 aromatic rings. The summed E-state index contributed by atoms with van der Waals surface area (Å²) in [4.78, 5) is 15.7. The maximum atomic E-state index is 12.9. The van der Waals surface area contributed by atoms with Crippen LogP contribution < -0.4 is 10.1 Å². The van der Waals surface area contributed by atoms with Crippen molar-refractivity contribution in [1.29, 1.82) is 0 Å². The fourth-order valence-electron chi connectivity index (χ4n) is 1.80. The molecule has 0 aliphatic heterocycles. The van der Waals surface area contributed by atoms with E-state index in [0.717, 1.165) is 12.1 Å². The van der Waals surface area contributed by atoms with Crippen LogP contribution in [0.25, 0.3) is 0 Å². The quantitative estimate of drug-likeness (QED) is 0.833. The molecule has 1 aromatic heterocycles. The lowest BCUT2D eigenvalue weighted by Crippen LogP contribution is -2.18. The fourth-order valence-corrected chi connectivity index (χ4v) is 1.80. The highest BCUT2D eigenvalue weighted by molar-refractivity contribution is 6.03. The van der Waals surface area contributed by atoms with E-state index in [0.29, 0.717) is 0 Å². The number of para-hydroxylation sites is 1. The van der Waals surface area contributed by atoms with Gasteiger partial charge in [-0.25, -0.2) is 13.8 Å². The van der Waals surface area contributed by atoms with Gasteiger partial charge in [0, 0.05) is 6.07 Å². The zero-order valence-electron chi connectivity index (χ0n) is 12.0. The second kappa shape index (κ2) is 7.24. The van der Waals surface area contributed by atoms with Crippen LogP contribution in [0.3, 0.4) is 0 Å². The minimum absolute atomic E-state index is 0.230. The van der Waals surface area contributed by atoms with Crippen molar-refractivity contribution in [3.05, 3.63) is 53.7 Å². The summed E-state index contributed by atoms with van der Waals surface area (Å²) < 4.78 is 67.5. The van der Waals surface area contributed by atoms with Crippen LogP contribution >= 0.6 is 0 Å². The van der Waals surface area contributed by atoms with E-state index in [1.807, 2.05) is 0 Å². The molecule has 1 aromatic carbocycles. The summed E-state index contributed by atoms with van der Waals surface area (Å²) >= 11 is 0. The van der Waals surface area contributed by atoms with Crippen molar-refractivity contribution < 1.29 is 31.5 Å². The first-order chi connectivity index (χ1) is 11.3. The van der Waals surface area contributed by atoms with Gasteiger partial charge in [-0.3, -0.25) is 4.79 Å². The van der Waals surface area contributed by atoms with E-state index in [1.165, 1.54) is 30.3 Å². The molecule has 0 saturated heterocycles. The first-order valence-corrected chi connectivity index (χ1v) is 6.63. The molecule has 24 heavy (non-hydrogen) atoms. The predicted octanol–water partition coefficient (Wildman–Crippen LogP) is 4.00. The molecule has 1 heterocycles. The van der Waals surface area contributed by atoms with E-state index >= 15 is 0 Å². The van der Waals surface area contributed by atoms with Gasteiger partial charge in [0.05, 0.1) is 11.3 Å². The highest BCUT2D eigenvalue weighted by atomic mass is 19.4. The van der Waals surface area contributed by atoms with Gasteiger partial charge in [0.2, 0.25) is 5.88 Å². The van der Waals surface area contributed by atoms with Gasteiger partial charge in [-0.1, -0.05) is 18.2 Å². The zero-order chi connectivity index (χ0) is 17.7. The van der Waals surface area contributed by atoms with Gasteiger partial charge in [-0.15, -0.1) is 0 Å². The lowest BCUT2D eigenvalue weighted by Gasteiger charge is -2.13. The third-order valence-corrected chi connectivity index (χ3v) is 2.79. The van der Waals surface area contributed by atoms with Crippen LogP contribution in [0, 0.1) is 0 Å². The standard InChI is InChI=1S/C15H11F5N2O2/c16-12(17)8-24-13-7-3-6-11(21-13)14(23)22-10-5-2-1-4-9(10)15(18,19)20/h1-7,12H,8H2,(H,22,23). The Morgan fingerprint density at radius 3 is 2.50 bits per heavy atom. The van der Waals surface area contributed by atoms with Crippen LogP contribution in [-0.2, 0) is 6.18 Å². The number of carbonyl (C=O) groups is 1. The molecule has 0 saturated carbocycles. The van der Waals surface area contributed by atoms with E-state index in [4.69, 9.17) is 0 Å². The topological polar surface area (TPSA) is 51.2 Å². The van der Waals surface area contributed by atoms with Gasteiger partial charge in [-0.05, 0) is 18.2 Å². The summed E-state index contributed by atoms with van der Waals surface area (Å²) in [6.45, 7) is -0.908. The van der Waals surface area contributed by atoms with Crippen LogP contribution in [-0.4, -0.2) is 23.9 Å². The monoisotopic (exact) mass is 346 g/mol. The predicted molar refractivity (Wildman–Crippen MR) is 75.1 cm³/mol. The van der Waals surface area contributed by atoms with Crippen molar-refractivity contribution in [1.82, 2.24) is 4.98 Å². The second-order valence-electron chi connectivity index (χ2n) is 4.56. The minimum atomic E-state index is -4.64. The summed E-state index contributed by atoms with van der Waals surface area (Å²) in [5.74, 6) is -1.15. The number of pyridine rings is 1. The van der Waals surface area contributed by atoms with Crippen LogP contribution in [0.1, 0.15) is 16.1 Å². The number of benzene rings is 1. The van der Waals surface area contributed by atoms with E-state index in [9.17, 15) is 26.7 Å². The summed E-state index contributed by atoms with van der Waals surface area (Å²) in [6.07, 6.45) is -7.36. The average Bonchev–Trinajstić information content (AvgIpc) is 2.52. The lowest BCUT2D eigenvalue weighted by molar-refractivity contribution is -0.136. The summed E-state index contributed by atoms with van der Waals surface area (Å²) in [7, 11) is 0. The van der Waals surface area contributed by atoms with Crippen molar-refractivity contribution in [2.75, 3.05) is 11.9 Å². The van der Waals surface area contributed by atoms with Gasteiger partial charge in [0.25, 0.3) is 12.3 Å². The Labute approximate surface area is 133 Å². The van der Waals surface area contributed by atoms with Crippen molar-refractivity contribution in [3.63, 3.8) is 0 Å². The maximum Gasteiger partial charge on any atom is 0.418 e. The average molecular weight is 346 g/mol. The molecule has 2 rings (SSSR count). The summed E-state index contributed by atoms with van der Waals surface area (Å²) in [6, 6.07) is 8.24. The molecule has 9 heteroatoms. The Balaban J connectivity index is 2.18. The molecular formula is C15H11F5N2O2. The number of hydrogen-bond acceptors (Lipinski definition) is 3. The Morgan fingerprint density at radius 2 is 1.83 bits per heavy atom. The normalized spacial score (nSPS) is 11.4. The van der Waals surface area contributed by atoms with Crippen LogP contribution in [0.5, 0.6) is 5.88 Å². The van der Waals surface area contributed by atoms with Gasteiger partial charge in [-0.2, -0.15) is 13.2 Å². The van der Waals surface area contributed by atoms with Gasteiger partial charge < -0.3 is 10.1 Å². The second-order valence-corrected chi connectivity index (χ2v) is 4.56. The van der Waals surface area contributed by atoms with Crippen LogP contribution in [0.15, 0.2) is 42.5 Å². The Hall–Kier alpha value is -2.71. The molecule has 0 bridgehead atoms. The number of hydrogen-bond donors (Lipinski definition) is 1. The largest absolute Gasteiger partial charge is 0.472 e. The van der Waals surface area contributed by atoms with Crippen LogP contribution in [0.4, 0.5) is 27.6 Å². The minimum Gasteiger partial charge on any atom is -0.472 e. The molecule has 4 nitrogen and oxygen atoms in total. The number of alkyl halides is 5. The van der Waals surface area contributed by atoms with E-state index < -0.39 is 36.4 Å². The van der Waals surface area contributed by atoms with Crippen molar-refractivity contribution >= 4 is 11.6 Å². The van der Waals surface area contributed by atoms with Gasteiger partial charge >= 0.3 is 6.18 Å². The Bertz CT molecular complexity index is 719. The highest BCUT2D eigenvalue weighted by Crippen LogP contribution is 2.34. The Kier molecular flexibility index (Phi) is 5.32. The number of nitrogens with one attached hydrogen (secondary N) is 1. The molecular weight excluding hydrogens is 335 g/mol. The maximum absolute atomic E-state index is 12.9. The van der Waals surface area contributed by atoms with E-state index in [-0.39, 0.29) is 11.6 Å². The molecule has 1 N–H and O–H groups in total. The number of ether oxygens (including phenoxy) is 1. The third kappa shape index (κ3) is 4.64. The fraction of sp³-hybridized carbons (Fsp3) is 0.200. The number of rotatable bonds is 5. The number of aromatic nitrogens is 1. The van der Waals surface area contributed by atoms with Crippen LogP contribution in [0.2, 0.25) is 0 Å². The number of nitrogens with zero attached hydrogens (tertiary/aromatic N) is 1. The highest BCUT2D eigenvalue weighted by Gasteiger charge is 2.33. The summed E-state index contributed by atoms with van der Waals surface area (Å²) in [5.41, 5.74) is -1.71. The zero-order valence-corrected chi connectivity index (χ0v) is 12.0. The molecule has 0 fully saturated rings. The van der Waals surface area contributed by atoms with E-state index in [2.05, 4.69) is 15.0 Å². The molecule has 0 atom stereocenters. The molecule has 128 valence electrons. The molecule has 0 aliphatic carbocycles. The lowest BCUT2D eigenvalue weighted by atomic mass is 10.1. The smallest absolute Gasteiger partial charge is 0.418 e. The van der Waals surface area contributed by atoms with E-state index in [1.54, 1.807) is 0 Å². The van der Waals surface area contributed by atoms with Gasteiger partial charge in [0.1, 0.15) is 5.69 Å². The van der Waals surface area contributed by atoms with Crippen molar-refractivity contribution in [3.8, 4) is 5.88 Å². The number of amides is 1. The number of carbonyl (C=O) groups excluding carboxylic acids is 1. The molecule has 1 amide bonds. The molecule has 0 radical (unpaired) electrons. The first kappa shape index (κ1) is 17.6. The van der Waals surface area contributed by atoms with Gasteiger partial charge in [0.15, 0.2) is 6.61 Å². The molecule has 0 unspecified atom stereocenters. The molecule has 0 spiro atoms. The van der Waals surface area contributed by atoms with Crippen molar-refractivity contribution in [2.45, 2.75) is 12.6 Å².